The molecule has 1 aliphatic carbocycles. The minimum Gasteiger partial charge on any atom is -0.314 e. The van der Waals surface area contributed by atoms with Crippen molar-refractivity contribution < 1.29 is 0 Å². The molecule has 0 unspecified atom stereocenters. The summed E-state index contributed by atoms with van der Waals surface area (Å²) in [4.78, 5) is 0. The molecule has 1 fully saturated rings. The number of benzene rings is 1. The molecule has 0 saturated heterocycles. The summed E-state index contributed by atoms with van der Waals surface area (Å²) in [6.45, 7) is 1.06. The minimum absolute atomic E-state index is 0.696. The Morgan fingerprint density at radius 2 is 1.90 bits per heavy atom. The molecule has 1 saturated carbocycles. The highest BCUT2D eigenvalue weighted by Crippen LogP contribution is 2.32. The number of rotatable bonds is 5. The van der Waals surface area contributed by atoms with Crippen LogP contribution in [0.5, 0.6) is 0 Å². The smallest absolute Gasteiger partial charge is 0.0522 e. The van der Waals surface area contributed by atoms with Crippen LogP contribution in [-0.4, -0.2) is 22.4 Å². The molecule has 1 heterocycles. The van der Waals surface area contributed by atoms with Gasteiger partial charge in [-0.15, -0.1) is 0 Å². The molecule has 3 rings (SSSR count). The van der Waals surface area contributed by atoms with Crippen molar-refractivity contribution in [3.63, 3.8) is 0 Å². The van der Waals surface area contributed by atoms with E-state index in [4.69, 9.17) is 0 Å². The first-order valence-corrected chi connectivity index (χ1v) is 8.07. The second kappa shape index (κ2) is 6.90. The average Bonchev–Trinajstić information content (AvgIpc) is 2.94. The fourth-order valence-corrected chi connectivity index (χ4v) is 3.38. The predicted molar refractivity (Wildman–Crippen MR) is 86.4 cm³/mol. The maximum atomic E-state index is 4.21. The van der Waals surface area contributed by atoms with E-state index in [-0.39, 0.29) is 0 Å². The molecule has 0 radical (unpaired) electrons. The number of aromatic nitrogens is 2. The van der Waals surface area contributed by atoms with E-state index in [0.29, 0.717) is 6.04 Å². The van der Waals surface area contributed by atoms with E-state index >= 15 is 0 Å². The van der Waals surface area contributed by atoms with E-state index in [1.807, 2.05) is 17.9 Å². The molecular formula is C18H25N3. The average molecular weight is 283 g/mol. The van der Waals surface area contributed by atoms with Crippen molar-refractivity contribution in [2.24, 2.45) is 7.05 Å². The molecule has 0 amide bonds. The molecule has 3 heteroatoms. The third-order valence-electron chi connectivity index (χ3n) is 4.60. The zero-order valence-electron chi connectivity index (χ0n) is 12.8. The molecule has 0 atom stereocenters. The quantitative estimate of drug-likeness (QED) is 0.912. The summed E-state index contributed by atoms with van der Waals surface area (Å²) in [6.07, 6.45) is 10.4. The Hall–Kier alpha value is -1.61. The molecule has 112 valence electrons. The Bertz CT molecular complexity index is 539. The van der Waals surface area contributed by atoms with Crippen LogP contribution < -0.4 is 5.32 Å². The van der Waals surface area contributed by atoms with E-state index in [2.05, 4.69) is 46.9 Å². The molecule has 1 aromatic heterocycles. The van der Waals surface area contributed by atoms with Crippen molar-refractivity contribution >= 4 is 0 Å². The first-order valence-electron chi connectivity index (χ1n) is 8.07. The fraction of sp³-hybridized carbons (Fsp3) is 0.500. The van der Waals surface area contributed by atoms with Gasteiger partial charge in [-0.25, -0.2) is 0 Å². The van der Waals surface area contributed by atoms with Gasteiger partial charge >= 0.3 is 0 Å². The highest BCUT2D eigenvalue weighted by molar-refractivity contribution is 5.20. The van der Waals surface area contributed by atoms with Gasteiger partial charge in [0.05, 0.1) is 6.20 Å². The molecule has 0 aliphatic heterocycles. The van der Waals surface area contributed by atoms with Crippen molar-refractivity contribution in [2.45, 2.75) is 44.1 Å². The largest absolute Gasteiger partial charge is 0.314 e. The molecule has 0 spiro atoms. The molecule has 0 bridgehead atoms. The fourth-order valence-electron chi connectivity index (χ4n) is 3.38. The Morgan fingerprint density at radius 1 is 1.14 bits per heavy atom. The lowest BCUT2D eigenvalue weighted by Crippen LogP contribution is -2.34. The summed E-state index contributed by atoms with van der Waals surface area (Å²) >= 11 is 0. The lowest BCUT2D eigenvalue weighted by atomic mass is 9.82. The highest BCUT2D eigenvalue weighted by Gasteiger charge is 2.21. The van der Waals surface area contributed by atoms with Crippen LogP contribution in [0.4, 0.5) is 0 Å². The van der Waals surface area contributed by atoms with Crippen molar-refractivity contribution in [3.8, 4) is 0 Å². The summed E-state index contributed by atoms with van der Waals surface area (Å²) in [5.41, 5.74) is 2.84. The molecule has 21 heavy (non-hydrogen) atoms. The second-order valence-corrected chi connectivity index (χ2v) is 6.19. The number of aryl methyl sites for hydroxylation is 1. The molecule has 3 nitrogen and oxygen atoms in total. The summed E-state index contributed by atoms with van der Waals surface area (Å²) in [5, 5.41) is 7.93. The minimum atomic E-state index is 0.696. The molecule has 2 aromatic rings. The predicted octanol–water partition coefficient (Wildman–Crippen LogP) is 3.28. The second-order valence-electron chi connectivity index (χ2n) is 6.19. The molecular weight excluding hydrogens is 258 g/mol. The Balaban J connectivity index is 1.40. The Labute approximate surface area is 127 Å². The zero-order chi connectivity index (χ0) is 14.5. The normalized spacial score (nSPS) is 22.3. The maximum absolute atomic E-state index is 4.21. The van der Waals surface area contributed by atoms with E-state index in [1.54, 1.807) is 0 Å². The van der Waals surface area contributed by atoms with Gasteiger partial charge in [0.15, 0.2) is 0 Å². The van der Waals surface area contributed by atoms with Gasteiger partial charge in [0.2, 0.25) is 0 Å². The van der Waals surface area contributed by atoms with Crippen LogP contribution in [0.25, 0.3) is 0 Å². The first-order chi connectivity index (χ1) is 10.3. The maximum Gasteiger partial charge on any atom is 0.0522 e. The Kier molecular flexibility index (Phi) is 4.71. The zero-order valence-corrected chi connectivity index (χ0v) is 12.8. The summed E-state index contributed by atoms with van der Waals surface area (Å²) in [6, 6.07) is 11.7. The van der Waals surface area contributed by atoms with E-state index in [1.165, 1.54) is 36.8 Å². The van der Waals surface area contributed by atoms with Gasteiger partial charge < -0.3 is 5.32 Å². The molecule has 1 aromatic carbocycles. The van der Waals surface area contributed by atoms with Crippen LogP contribution in [-0.2, 0) is 13.5 Å². The standard InChI is InChI=1S/C18H25N3/c1-21-14-15(13-20-21)11-12-19-18-9-7-17(8-10-18)16-5-3-2-4-6-16/h2-6,13-14,17-19H,7-12H2,1H3. The number of hydrogen-bond donors (Lipinski definition) is 1. The lowest BCUT2D eigenvalue weighted by Gasteiger charge is -2.29. The van der Waals surface area contributed by atoms with Gasteiger partial charge in [-0.1, -0.05) is 30.3 Å². The van der Waals surface area contributed by atoms with Gasteiger partial charge in [0.1, 0.15) is 0 Å². The van der Waals surface area contributed by atoms with Crippen molar-refractivity contribution in [1.82, 2.24) is 15.1 Å². The van der Waals surface area contributed by atoms with E-state index in [0.717, 1.165) is 18.9 Å². The number of nitrogens with one attached hydrogen (secondary N) is 1. The van der Waals surface area contributed by atoms with Gasteiger partial charge in [-0.3, -0.25) is 4.68 Å². The van der Waals surface area contributed by atoms with Crippen LogP contribution in [0.15, 0.2) is 42.7 Å². The van der Waals surface area contributed by atoms with Gasteiger partial charge in [-0.2, -0.15) is 5.10 Å². The Morgan fingerprint density at radius 3 is 2.57 bits per heavy atom. The highest BCUT2D eigenvalue weighted by atomic mass is 15.2. The molecule has 1 aliphatic rings. The van der Waals surface area contributed by atoms with Gasteiger partial charge in [0.25, 0.3) is 0 Å². The third kappa shape index (κ3) is 3.94. The third-order valence-corrected chi connectivity index (χ3v) is 4.60. The van der Waals surface area contributed by atoms with Crippen LogP contribution in [0, 0.1) is 0 Å². The van der Waals surface area contributed by atoms with Gasteiger partial charge in [-0.05, 0) is 55.7 Å². The topological polar surface area (TPSA) is 29.9 Å². The van der Waals surface area contributed by atoms with Crippen LogP contribution >= 0.6 is 0 Å². The first kappa shape index (κ1) is 14.3. The van der Waals surface area contributed by atoms with Crippen molar-refractivity contribution in [1.29, 1.82) is 0 Å². The number of nitrogens with zero attached hydrogens (tertiary/aromatic N) is 2. The summed E-state index contributed by atoms with van der Waals surface area (Å²) < 4.78 is 1.88. The monoisotopic (exact) mass is 283 g/mol. The summed E-state index contributed by atoms with van der Waals surface area (Å²) in [7, 11) is 1.97. The van der Waals surface area contributed by atoms with E-state index in [9.17, 15) is 0 Å². The lowest BCUT2D eigenvalue weighted by molar-refractivity contribution is 0.344. The van der Waals surface area contributed by atoms with Crippen LogP contribution in [0.1, 0.15) is 42.7 Å². The van der Waals surface area contributed by atoms with Crippen LogP contribution in [0.3, 0.4) is 0 Å². The molecule has 1 N–H and O–H groups in total. The van der Waals surface area contributed by atoms with Crippen molar-refractivity contribution in [2.75, 3.05) is 6.54 Å². The number of hydrogen-bond acceptors (Lipinski definition) is 2. The van der Waals surface area contributed by atoms with Crippen molar-refractivity contribution in [3.05, 3.63) is 53.9 Å². The van der Waals surface area contributed by atoms with Crippen LogP contribution in [0.2, 0.25) is 0 Å². The summed E-state index contributed by atoms with van der Waals surface area (Å²) in [5.74, 6) is 0.766. The van der Waals surface area contributed by atoms with E-state index < -0.39 is 0 Å². The SMILES string of the molecule is Cn1cc(CCNC2CCC(c3ccccc3)CC2)cn1. The van der Waals surface area contributed by atoms with Gasteiger partial charge in [0, 0.05) is 19.3 Å².